The quantitative estimate of drug-likeness (QED) is 0.568. The van der Waals surface area contributed by atoms with Gasteiger partial charge in [-0.1, -0.05) is 0 Å². The molecule has 0 unspecified atom stereocenters. The zero-order chi connectivity index (χ0) is 18.1. The Morgan fingerprint density at radius 2 is 1.68 bits per heavy atom. The number of hydrogen-bond acceptors (Lipinski definition) is 6. The van der Waals surface area contributed by atoms with Crippen molar-refractivity contribution in [3.8, 4) is 17.2 Å². The Hall–Kier alpha value is -3.22. The van der Waals surface area contributed by atoms with E-state index in [-0.39, 0.29) is 12.5 Å². The van der Waals surface area contributed by atoms with E-state index in [0.717, 1.165) is 17.0 Å². The molecule has 2 N–H and O–H groups in total. The molecule has 0 saturated heterocycles. The zero-order valence-corrected chi connectivity index (χ0v) is 14.4. The summed E-state index contributed by atoms with van der Waals surface area (Å²) in [6.45, 7) is 0.101. The summed E-state index contributed by atoms with van der Waals surface area (Å²) >= 11 is 0. The summed E-state index contributed by atoms with van der Waals surface area (Å²) in [4.78, 5) is 11.8. The molecule has 0 heterocycles. The lowest BCUT2D eigenvalue weighted by atomic mass is 10.2. The van der Waals surface area contributed by atoms with Crippen molar-refractivity contribution in [2.75, 3.05) is 33.2 Å². The minimum atomic E-state index is -0.264. The third-order valence-electron chi connectivity index (χ3n) is 3.38. The first-order valence-corrected chi connectivity index (χ1v) is 7.58. The van der Waals surface area contributed by atoms with Gasteiger partial charge in [0, 0.05) is 17.3 Å². The first-order chi connectivity index (χ1) is 12.2. The van der Waals surface area contributed by atoms with Crippen LogP contribution in [-0.4, -0.2) is 40.0 Å². The topological polar surface area (TPSA) is 81.2 Å². The number of rotatable bonds is 8. The van der Waals surface area contributed by atoms with E-state index in [1.54, 1.807) is 39.5 Å². The second-order valence-electron chi connectivity index (χ2n) is 4.98. The highest BCUT2D eigenvalue weighted by Gasteiger charge is 2.03. The number of nitrogens with zero attached hydrogens (tertiary/aromatic N) is 1. The van der Waals surface area contributed by atoms with E-state index < -0.39 is 0 Å². The van der Waals surface area contributed by atoms with Crippen molar-refractivity contribution in [1.82, 2.24) is 5.43 Å². The Morgan fingerprint density at radius 1 is 1.00 bits per heavy atom. The first kappa shape index (κ1) is 18.1. The van der Waals surface area contributed by atoms with E-state index in [2.05, 4.69) is 15.8 Å². The van der Waals surface area contributed by atoms with Crippen LogP contribution in [-0.2, 0) is 4.79 Å². The molecule has 0 bridgehead atoms. The molecule has 0 saturated carbocycles. The van der Waals surface area contributed by atoms with E-state index in [9.17, 15) is 4.79 Å². The minimum absolute atomic E-state index is 0.101. The second-order valence-corrected chi connectivity index (χ2v) is 4.98. The van der Waals surface area contributed by atoms with Crippen molar-refractivity contribution in [2.45, 2.75) is 0 Å². The fraction of sp³-hybridized carbons (Fsp3) is 0.222. The molecule has 0 aliphatic heterocycles. The Kier molecular flexibility index (Phi) is 6.65. The number of methoxy groups -OCH3 is 3. The van der Waals surface area contributed by atoms with Crippen molar-refractivity contribution in [2.24, 2.45) is 5.10 Å². The van der Waals surface area contributed by atoms with Crippen molar-refractivity contribution >= 4 is 17.8 Å². The Bertz CT molecular complexity index is 730. The Morgan fingerprint density at radius 3 is 2.32 bits per heavy atom. The third kappa shape index (κ3) is 5.42. The highest BCUT2D eigenvalue weighted by Crippen LogP contribution is 2.23. The molecule has 0 atom stereocenters. The summed E-state index contributed by atoms with van der Waals surface area (Å²) in [6.07, 6.45) is 1.52. The number of hydrogen-bond donors (Lipinski definition) is 2. The molecular formula is C18H21N3O4. The van der Waals surface area contributed by atoms with Gasteiger partial charge in [-0.3, -0.25) is 4.79 Å². The highest BCUT2D eigenvalue weighted by atomic mass is 16.5. The van der Waals surface area contributed by atoms with Crippen LogP contribution in [0.25, 0.3) is 0 Å². The SMILES string of the molecule is COc1ccc(NCC(=O)N/N=C\c2ccc(OC)cc2OC)cc1. The first-order valence-electron chi connectivity index (χ1n) is 7.58. The fourth-order valence-electron chi connectivity index (χ4n) is 2.03. The van der Waals surface area contributed by atoms with Gasteiger partial charge in [-0.25, -0.2) is 5.43 Å². The van der Waals surface area contributed by atoms with Gasteiger partial charge in [0.1, 0.15) is 17.2 Å². The molecular weight excluding hydrogens is 322 g/mol. The molecule has 7 nitrogen and oxygen atoms in total. The molecule has 0 spiro atoms. The molecule has 0 aromatic heterocycles. The number of anilines is 1. The van der Waals surface area contributed by atoms with Crippen molar-refractivity contribution in [3.63, 3.8) is 0 Å². The fourth-order valence-corrected chi connectivity index (χ4v) is 2.03. The number of amides is 1. The van der Waals surface area contributed by atoms with Gasteiger partial charge in [0.05, 0.1) is 34.1 Å². The van der Waals surface area contributed by atoms with Crippen molar-refractivity contribution in [3.05, 3.63) is 48.0 Å². The summed E-state index contributed by atoms with van der Waals surface area (Å²) in [5.41, 5.74) is 4.01. The molecule has 2 rings (SSSR count). The molecule has 0 fully saturated rings. The highest BCUT2D eigenvalue weighted by molar-refractivity contribution is 5.86. The van der Waals surface area contributed by atoms with Crippen LogP contribution in [0, 0.1) is 0 Å². The molecule has 132 valence electrons. The van der Waals surface area contributed by atoms with Crippen LogP contribution in [0.15, 0.2) is 47.6 Å². The summed E-state index contributed by atoms with van der Waals surface area (Å²) in [6, 6.07) is 12.6. The van der Waals surface area contributed by atoms with Gasteiger partial charge in [0.25, 0.3) is 5.91 Å². The molecule has 1 amide bonds. The average Bonchev–Trinajstić information content (AvgIpc) is 2.66. The number of carbonyl (C=O) groups is 1. The molecule has 2 aromatic rings. The van der Waals surface area contributed by atoms with Crippen LogP contribution in [0.3, 0.4) is 0 Å². The van der Waals surface area contributed by atoms with E-state index in [0.29, 0.717) is 11.5 Å². The van der Waals surface area contributed by atoms with Gasteiger partial charge < -0.3 is 19.5 Å². The summed E-state index contributed by atoms with van der Waals surface area (Å²) in [7, 11) is 4.74. The summed E-state index contributed by atoms with van der Waals surface area (Å²) in [5, 5.41) is 6.94. The maximum absolute atomic E-state index is 11.8. The number of nitrogens with one attached hydrogen (secondary N) is 2. The van der Waals surface area contributed by atoms with Gasteiger partial charge in [0.2, 0.25) is 0 Å². The van der Waals surface area contributed by atoms with Crippen LogP contribution in [0.2, 0.25) is 0 Å². The number of carbonyl (C=O) groups excluding carboxylic acids is 1. The largest absolute Gasteiger partial charge is 0.497 e. The van der Waals surface area contributed by atoms with Gasteiger partial charge >= 0.3 is 0 Å². The van der Waals surface area contributed by atoms with E-state index >= 15 is 0 Å². The summed E-state index contributed by atoms with van der Waals surface area (Å²) < 4.78 is 15.5. The summed E-state index contributed by atoms with van der Waals surface area (Å²) in [5.74, 6) is 1.78. The van der Waals surface area contributed by atoms with Crippen LogP contribution < -0.4 is 25.0 Å². The van der Waals surface area contributed by atoms with Gasteiger partial charge in [-0.2, -0.15) is 5.10 Å². The normalized spacial score (nSPS) is 10.4. The smallest absolute Gasteiger partial charge is 0.259 e. The number of hydrazone groups is 1. The molecule has 0 aliphatic rings. The lowest BCUT2D eigenvalue weighted by Gasteiger charge is -2.07. The third-order valence-corrected chi connectivity index (χ3v) is 3.38. The predicted octanol–water partition coefficient (Wildman–Crippen LogP) is 2.27. The van der Waals surface area contributed by atoms with Crippen LogP contribution in [0.4, 0.5) is 5.69 Å². The Labute approximate surface area is 146 Å². The lowest BCUT2D eigenvalue weighted by molar-refractivity contribution is -0.119. The lowest BCUT2D eigenvalue weighted by Crippen LogP contribution is -2.25. The Balaban J connectivity index is 1.85. The van der Waals surface area contributed by atoms with Crippen LogP contribution >= 0.6 is 0 Å². The van der Waals surface area contributed by atoms with Crippen LogP contribution in [0.1, 0.15) is 5.56 Å². The average molecular weight is 343 g/mol. The van der Waals surface area contributed by atoms with Crippen LogP contribution in [0.5, 0.6) is 17.2 Å². The predicted molar refractivity (Wildman–Crippen MR) is 96.8 cm³/mol. The molecule has 7 heteroatoms. The second kappa shape index (κ2) is 9.17. The minimum Gasteiger partial charge on any atom is -0.497 e. The molecule has 2 aromatic carbocycles. The maximum atomic E-state index is 11.8. The number of ether oxygens (including phenoxy) is 3. The molecule has 0 aliphatic carbocycles. The zero-order valence-electron chi connectivity index (χ0n) is 14.4. The molecule has 25 heavy (non-hydrogen) atoms. The van der Waals surface area contributed by atoms with Crippen molar-refractivity contribution < 1.29 is 19.0 Å². The van der Waals surface area contributed by atoms with E-state index in [1.165, 1.54) is 6.21 Å². The van der Waals surface area contributed by atoms with Gasteiger partial charge in [0.15, 0.2) is 0 Å². The molecule has 0 radical (unpaired) electrons. The monoisotopic (exact) mass is 343 g/mol. The maximum Gasteiger partial charge on any atom is 0.259 e. The van der Waals surface area contributed by atoms with Gasteiger partial charge in [-0.15, -0.1) is 0 Å². The van der Waals surface area contributed by atoms with E-state index in [4.69, 9.17) is 14.2 Å². The standard InChI is InChI=1S/C18H21N3O4/c1-23-15-8-5-14(6-9-15)19-12-18(22)21-20-11-13-4-7-16(24-2)10-17(13)25-3/h4-11,19H,12H2,1-3H3,(H,21,22)/b20-11-. The van der Waals surface area contributed by atoms with E-state index in [1.807, 2.05) is 24.3 Å². The van der Waals surface area contributed by atoms with Gasteiger partial charge in [-0.05, 0) is 36.4 Å². The van der Waals surface area contributed by atoms with Crippen molar-refractivity contribution in [1.29, 1.82) is 0 Å². The number of benzene rings is 2.